The van der Waals surface area contributed by atoms with Crippen molar-refractivity contribution in [2.75, 3.05) is 0 Å². The molecule has 0 aromatic carbocycles. The molecule has 124 valence electrons. The number of halogens is 2. The standard InChI is InChI=1S/C14H21Cl2N3O2S/c1-13(2,3)19-11(21)18-12(22)17-10(20)9-7(6-8(15)16)14(9,4)5/h6,8-9H,1-5H3,(H3,17,18,19,20,21,22)/b7-6+. The fourth-order valence-electron chi connectivity index (χ4n) is 2.19. The third-order valence-corrected chi connectivity index (χ3v) is 3.67. The summed E-state index contributed by atoms with van der Waals surface area (Å²) in [5.74, 6) is -0.635. The van der Waals surface area contributed by atoms with Crippen molar-refractivity contribution in [3.8, 4) is 0 Å². The molecule has 3 N–H and O–H groups in total. The van der Waals surface area contributed by atoms with E-state index in [1.54, 1.807) is 6.08 Å². The van der Waals surface area contributed by atoms with Crippen molar-refractivity contribution in [1.29, 1.82) is 0 Å². The Hall–Kier alpha value is -0.850. The van der Waals surface area contributed by atoms with Gasteiger partial charge in [0.05, 0.1) is 5.92 Å². The van der Waals surface area contributed by atoms with Gasteiger partial charge in [0.1, 0.15) is 4.84 Å². The van der Waals surface area contributed by atoms with Gasteiger partial charge in [-0.3, -0.25) is 10.1 Å². The SMILES string of the molecule is CC(C)(C)NC(=O)NC(=S)NC(=O)C1/C(=C\C(Cl)Cl)C1(C)C. The largest absolute Gasteiger partial charge is 0.333 e. The molecule has 1 rings (SSSR count). The van der Waals surface area contributed by atoms with Crippen LogP contribution in [0.4, 0.5) is 4.79 Å². The zero-order chi connectivity index (χ0) is 17.3. The lowest BCUT2D eigenvalue weighted by molar-refractivity contribution is -0.121. The van der Waals surface area contributed by atoms with Crippen LogP contribution in [-0.4, -0.2) is 27.4 Å². The van der Waals surface area contributed by atoms with Crippen molar-refractivity contribution in [2.45, 2.75) is 45.0 Å². The lowest BCUT2D eigenvalue weighted by Crippen LogP contribution is -2.51. The Kier molecular flexibility index (Phi) is 5.87. The highest BCUT2D eigenvalue weighted by Crippen LogP contribution is 2.58. The van der Waals surface area contributed by atoms with Crippen LogP contribution in [0.5, 0.6) is 0 Å². The molecule has 5 nitrogen and oxygen atoms in total. The molecule has 1 aliphatic carbocycles. The minimum Gasteiger partial charge on any atom is -0.333 e. The van der Waals surface area contributed by atoms with Gasteiger partial charge in [0.25, 0.3) is 0 Å². The van der Waals surface area contributed by atoms with Gasteiger partial charge in [0.2, 0.25) is 5.91 Å². The van der Waals surface area contributed by atoms with Crippen molar-refractivity contribution < 1.29 is 9.59 Å². The number of hydrogen-bond donors (Lipinski definition) is 3. The quantitative estimate of drug-likeness (QED) is 0.400. The molecule has 8 heteroatoms. The van der Waals surface area contributed by atoms with E-state index in [0.29, 0.717) is 0 Å². The molecular weight excluding hydrogens is 345 g/mol. The highest BCUT2D eigenvalue weighted by Gasteiger charge is 2.56. The van der Waals surface area contributed by atoms with Crippen LogP contribution < -0.4 is 16.0 Å². The number of rotatable bonds is 2. The Morgan fingerprint density at radius 3 is 2.27 bits per heavy atom. The fraction of sp³-hybridized carbons (Fsp3) is 0.643. The summed E-state index contributed by atoms with van der Waals surface area (Å²) in [6, 6.07) is -0.467. The molecule has 0 aromatic rings. The molecule has 0 aromatic heterocycles. The van der Waals surface area contributed by atoms with Crippen LogP contribution in [0.3, 0.4) is 0 Å². The van der Waals surface area contributed by atoms with Gasteiger partial charge in [-0.15, -0.1) is 23.2 Å². The molecule has 0 spiro atoms. The van der Waals surface area contributed by atoms with Crippen molar-refractivity contribution in [1.82, 2.24) is 16.0 Å². The molecule has 0 bridgehead atoms. The number of hydrogen-bond acceptors (Lipinski definition) is 3. The van der Waals surface area contributed by atoms with E-state index in [1.165, 1.54) is 0 Å². The number of alkyl halides is 2. The van der Waals surface area contributed by atoms with Gasteiger partial charge in [-0.25, -0.2) is 4.79 Å². The minimum absolute atomic E-state index is 0.0397. The normalized spacial score (nSPS) is 21.5. The van der Waals surface area contributed by atoms with E-state index >= 15 is 0 Å². The second-order valence-corrected chi connectivity index (χ2v) is 8.33. The number of carbonyl (C=O) groups is 2. The van der Waals surface area contributed by atoms with E-state index in [2.05, 4.69) is 16.0 Å². The second-order valence-electron chi connectivity index (χ2n) is 6.76. The number of amides is 3. The highest BCUT2D eigenvalue weighted by atomic mass is 35.5. The number of thiocarbonyl (C=S) groups is 1. The van der Waals surface area contributed by atoms with E-state index in [4.69, 9.17) is 35.4 Å². The molecule has 1 fully saturated rings. The Balaban J connectivity index is 2.56. The van der Waals surface area contributed by atoms with E-state index in [9.17, 15) is 9.59 Å². The number of allylic oxidation sites excluding steroid dienone is 1. The number of nitrogens with one attached hydrogen (secondary N) is 3. The summed E-state index contributed by atoms with van der Waals surface area (Å²) in [7, 11) is 0. The molecule has 1 saturated carbocycles. The van der Waals surface area contributed by atoms with Crippen LogP contribution in [0.2, 0.25) is 0 Å². The van der Waals surface area contributed by atoms with Crippen LogP contribution in [0.15, 0.2) is 11.6 Å². The highest BCUT2D eigenvalue weighted by molar-refractivity contribution is 7.80. The van der Waals surface area contributed by atoms with Gasteiger partial charge in [0.15, 0.2) is 5.11 Å². The van der Waals surface area contributed by atoms with E-state index in [1.807, 2.05) is 34.6 Å². The van der Waals surface area contributed by atoms with Gasteiger partial charge < -0.3 is 10.6 Å². The molecule has 0 heterocycles. The minimum atomic E-state index is -0.658. The first-order valence-electron chi connectivity index (χ1n) is 6.79. The van der Waals surface area contributed by atoms with Crippen LogP contribution in [0.1, 0.15) is 34.6 Å². The summed E-state index contributed by atoms with van der Waals surface area (Å²) >= 11 is 16.4. The van der Waals surface area contributed by atoms with E-state index in [0.717, 1.165) is 5.57 Å². The molecule has 1 unspecified atom stereocenters. The molecule has 1 atom stereocenters. The summed E-state index contributed by atoms with van der Waals surface area (Å²) in [5, 5.41) is 7.57. The summed E-state index contributed by atoms with van der Waals surface area (Å²) in [4.78, 5) is 23.2. The van der Waals surface area contributed by atoms with Gasteiger partial charge >= 0.3 is 6.03 Å². The molecule has 0 radical (unpaired) electrons. The Bertz CT molecular complexity index is 525. The summed E-state index contributed by atoms with van der Waals surface area (Å²) in [5.41, 5.74) is 0.158. The van der Waals surface area contributed by atoms with Crippen LogP contribution >= 0.6 is 35.4 Å². The van der Waals surface area contributed by atoms with Crippen molar-refractivity contribution in [3.63, 3.8) is 0 Å². The lowest BCUT2D eigenvalue weighted by atomic mass is 10.1. The fourth-order valence-corrected chi connectivity index (χ4v) is 2.65. The predicted molar refractivity (Wildman–Crippen MR) is 93.0 cm³/mol. The third kappa shape index (κ3) is 5.41. The van der Waals surface area contributed by atoms with Gasteiger partial charge in [0, 0.05) is 11.0 Å². The topological polar surface area (TPSA) is 70.2 Å². The van der Waals surface area contributed by atoms with Crippen LogP contribution in [0, 0.1) is 11.3 Å². The molecule has 3 amide bonds. The summed E-state index contributed by atoms with van der Waals surface area (Å²) in [6.07, 6.45) is 1.65. The molecular formula is C14H21Cl2N3O2S. The first-order chi connectivity index (χ1) is 9.84. The third-order valence-electron chi connectivity index (χ3n) is 3.21. The molecule has 1 aliphatic rings. The Morgan fingerprint density at radius 1 is 1.27 bits per heavy atom. The Morgan fingerprint density at radius 2 is 1.82 bits per heavy atom. The maximum atomic E-state index is 12.2. The Labute approximate surface area is 146 Å². The lowest BCUT2D eigenvalue weighted by Gasteiger charge is -2.20. The maximum absolute atomic E-state index is 12.2. The number of urea groups is 1. The predicted octanol–water partition coefficient (Wildman–Crippen LogP) is 2.87. The first-order valence-corrected chi connectivity index (χ1v) is 8.07. The zero-order valence-corrected chi connectivity index (χ0v) is 15.5. The van der Waals surface area contributed by atoms with Gasteiger partial charge in [-0.05, 0) is 33.0 Å². The number of carbonyl (C=O) groups excluding carboxylic acids is 2. The summed E-state index contributed by atoms with van der Waals surface area (Å²) in [6.45, 7) is 9.36. The monoisotopic (exact) mass is 365 g/mol. The summed E-state index contributed by atoms with van der Waals surface area (Å²) < 4.78 is 0. The smallest absolute Gasteiger partial charge is 0.321 e. The molecule has 0 aliphatic heterocycles. The van der Waals surface area contributed by atoms with Crippen molar-refractivity contribution in [3.05, 3.63) is 11.6 Å². The molecule has 0 saturated heterocycles. The van der Waals surface area contributed by atoms with E-state index < -0.39 is 16.4 Å². The van der Waals surface area contributed by atoms with Crippen molar-refractivity contribution >= 4 is 52.5 Å². The first kappa shape index (κ1) is 19.2. The van der Waals surface area contributed by atoms with E-state index in [-0.39, 0.29) is 22.4 Å². The molecule has 22 heavy (non-hydrogen) atoms. The average Bonchev–Trinajstić information content (AvgIpc) is 2.75. The zero-order valence-electron chi connectivity index (χ0n) is 13.2. The van der Waals surface area contributed by atoms with Gasteiger partial charge in [-0.2, -0.15) is 0 Å². The second kappa shape index (κ2) is 6.72. The van der Waals surface area contributed by atoms with Crippen LogP contribution in [0.25, 0.3) is 0 Å². The maximum Gasteiger partial charge on any atom is 0.321 e. The average molecular weight is 366 g/mol. The van der Waals surface area contributed by atoms with Crippen molar-refractivity contribution in [2.24, 2.45) is 11.3 Å². The van der Waals surface area contributed by atoms with Gasteiger partial charge in [-0.1, -0.05) is 25.5 Å². The van der Waals surface area contributed by atoms with Crippen LogP contribution in [-0.2, 0) is 4.79 Å².